The van der Waals surface area contributed by atoms with Crippen LogP contribution in [-0.2, 0) is 16.0 Å². The van der Waals surface area contributed by atoms with E-state index in [1.807, 2.05) is 26.0 Å². The summed E-state index contributed by atoms with van der Waals surface area (Å²) in [6, 6.07) is 4.01. The van der Waals surface area contributed by atoms with Crippen molar-refractivity contribution in [2.24, 2.45) is 0 Å². The number of amides is 2. The number of benzene rings is 1. The first-order valence-corrected chi connectivity index (χ1v) is 6.91. The van der Waals surface area contributed by atoms with Gasteiger partial charge in [-0.15, -0.1) is 0 Å². The van der Waals surface area contributed by atoms with Gasteiger partial charge in [-0.2, -0.15) is 0 Å². The summed E-state index contributed by atoms with van der Waals surface area (Å²) in [5.74, 6) is -0.101. The first-order valence-electron chi connectivity index (χ1n) is 6.91. The van der Waals surface area contributed by atoms with Crippen molar-refractivity contribution in [2.75, 3.05) is 13.1 Å². The Labute approximate surface area is 122 Å². The average Bonchev–Trinajstić information content (AvgIpc) is 2.82. The Morgan fingerprint density at radius 2 is 2.14 bits per heavy atom. The predicted octanol–water partition coefficient (Wildman–Crippen LogP) is 1.24. The van der Waals surface area contributed by atoms with E-state index in [9.17, 15) is 9.59 Å². The minimum Gasteiger partial charge on any atom is -0.359 e. The standard InChI is InChI=1S/C15H19N3O3/c1-10-6-11(2)15-12(7-10)13(18-21-15)8-14(20)17-5-3-4-16-9-19/h6-7,9H,3-5,8H2,1-2H3,(H,16,19)(H,17,20). The second kappa shape index (κ2) is 6.88. The Bertz CT molecular complexity index is 649. The van der Waals surface area contributed by atoms with Gasteiger partial charge in [0.15, 0.2) is 5.58 Å². The predicted molar refractivity (Wildman–Crippen MR) is 78.9 cm³/mol. The second-order valence-electron chi connectivity index (χ2n) is 5.04. The maximum atomic E-state index is 11.9. The molecule has 1 aromatic carbocycles. The van der Waals surface area contributed by atoms with Crippen LogP contribution in [0.25, 0.3) is 11.0 Å². The Kier molecular flexibility index (Phi) is 4.92. The van der Waals surface area contributed by atoms with Crippen molar-refractivity contribution < 1.29 is 14.1 Å². The van der Waals surface area contributed by atoms with E-state index in [1.165, 1.54) is 0 Å². The first kappa shape index (κ1) is 15.0. The van der Waals surface area contributed by atoms with Crippen molar-refractivity contribution in [1.29, 1.82) is 0 Å². The average molecular weight is 289 g/mol. The number of carbonyl (C=O) groups is 2. The molecule has 2 amide bonds. The fourth-order valence-electron chi connectivity index (χ4n) is 2.26. The molecule has 112 valence electrons. The van der Waals surface area contributed by atoms with E-state index in [1.54, 1.807) is 0 Å². The highest BCUT2D eigenvalue weighted by atomic mass is 16.5. The van der Waals surface area contributed by atoms with Crippen LogP contribution >= 0.6 is 0 Å². The van der Waals surface area contributed by atoms with Gasteiger partial charge in [-0.25, -0.2) is 0 Å². The number of aromatic nitrogens is 1. The molecule has 0 radical (unpaired) electrons. The van der Waals surface area contributed by atoms with E-state index in [-0.39, 0.29) is 12.3 Å². The summed E-state index contributed by atoms with van der Waals surface area (Å²) in [4.78, 5) is 21.9. The van der Waals surface area contributed by atoms with Gasteiger partial charge >= 0.3 is 0 Å². The third-order valence-corrected chi connectivity index (χ3v) is 3.21. The van der Waals surface area contributed by atoms with Gasteiger partial charge in [-0.05, 0) is 37.5 Å². The molecular weight excluding hydrogens is 270 g/mol. The van der Waals surface area contributed by atoms with E-state index in [2.05, 4.69) is 15.8 Å². The molecule has 1 aromatic heterocycles. The molecule has 21 heavy (non-hydrogen) atoms. The fraction of sp³-hybridized carbons (Fsp3) is 0.400. The molecule has 2 N–H and O–H groups in total. The van der Waals surface area contributed by atoms with E-state index in [0.29, 0.717) is 31.6 Å². The van der Waals surface area contributed by atoms with Gasteiger partial charge in [0, 0.05) is 18.5 Å². The third-order valence-electron chi connectivity index (χ3n) is 3.21. The minimum absolute atomic E-state index is 0.101. The Morgan fingerprint density at radius 1 is 1.33 bits per heavy atom. The van der Waals surface area contributed by atoms with Crippen LogP contribution in [0.15, 0.2) is 16.7 Å². The number of nitrogens with one attached hydrogen (secondary N) is 2. The lowest BCUT2D eigenvalue weighted by Gasteiger charge is -2.03. The van der Waals surface area contributed by atoms with Crippen molar-refractivity contribution in [3.8, 4) is 0 Å². The van der Waals surface area contributed by atoms with Crippen LogP contribution in [0.3, 0.4) is 0 Å². The number of hydrogen-bond acceptors (Lipinski definition) is 4. The lowest BCUT2D eigenvalue weighted by molar-refractivity contribution is -0.120. The van der Waals surface area contributed by atoms with Crippen molar-refractivity contribution >= 4 is 23.3 Å². The maximum absolute atomic E-state index is 11.9. The monoisotopic (exact) mass is 289 g/mol. The van der Waals surface area contributed by atoms with Crippen molar-refractivity contribution in [3.05, 3.63) is 29.0 Å². The number of hydrogen-bond donors (Lipinski definition) is 2. The molecule has 0 aliphatic carbocycles. The molecule has 0 aliphatic rings. The van der Waals surface area contributed by atoms with Gasteiger partial charge in [-0.3, -0.25) is 9.59 Å². The topological polar surface area (TPSA) is 84.2 Å². The van der Waals surface area contributed by atoms with Crippen LogP contribution < -0.4 is 10.6 Å². The smallest absolute Gasteiger partial charge is 0.226 e. The number of rotatable bonds is 7. The molecule has 0 spiro atoms. The van der Waals surface area contributed by atoms with Crippen LogP contribution in [0, 0.1) is 13.8 Å². The summed E-state index contributed by atoms with van der Waals surface area (Å²) in [6.07, 6.45) is 1.53. The molecule has 1 heterocycles. The van der Waals surface area contributed by atoms with Crippen molar-refractivity contribution in [1.82, 2.24) is 15.8 Å². The first-order chi connectivity index (χ1) is 10.1. The molecule has 2 aromatic rings. The number of fused-ring (bicyclic) bond motifs is 1. The second-order valence-corrected chi connectivity index (χ2v) is 5.04. The van der Waals surface area contributed by atoms with Crippen molar-refractivity contribution in [3.63, 3.8) is 0 Å². The summed E-state index contributed by atoms with van der Waals surface area (Å²) >= 11 is 0. The molecule has 0 unspecified atom stereocenters. The fourth-order valence-corrected chi connectivity index (χ4v) is 2.26. The largest absolute Gasteiger partial charge is 0.359 e. The number of carbonyl (C=O) groups excluding carboxylic acids is 2. The molecule has 6 nitrogen and oxygen atoms in total. The van der Waals surface area contributed by atoms with Gasteiger partial charge in [0.05, 0.1) is 6.42 Å². The highest BCUT2D eigenvalue weighted by Crippen LogP contribution is 2.23. The lowest BCUT2D eigenvalue weighted by Crippen LogP contribution is -2.28. The van der Waals surface area contributed by atoms with E-state index < -0.39 is 0 Å². The van der Waals surface area contributed by atoms with Gasteiger partial charge in [0.2, 0.25) is 12.3 Å². The number of nitrogens with zero attached hydrogens (tertiary/aromatic N) is 1. The normalized spacial score (nSPS) is 10.6. The molecule has 6 heteroatoms. The lowest BCUT2D eigenvalue weighted by atomic mass is 10.1. The molecule has 2 rings (SSSR count). The van der Waals surface area contributed by atoms with Crippen LogP contribution in [0.5, 0.6) is 0 Å². The van der Waals surface area contributed by atoms with Crippen LogP contribution in [0.2, 0.25) is 0 Å². The summed E-state index contributed by atoms with van der Waals surface area (Å²) in [5, 5.41) is 10.2. The molecule has 0 atom stereocenters. The molecule has 0 bridgehead atoms. The summed E-state index contributed by atoms with van der Waals surface area (Å²) in [6.45, 7) is 5.04. The van der Waals surface area contributed by atoms with E-state index >= 15 is 0 Å². The van der Waals surface area contributed by atoms with Crippen LogP contribution in [0.1, 0.15) is 23.2 Å². The summed E-state index contributed by atoms with van der Waals surface area (Å²) in [5.41, 5.74) is 3.52. The minimum atomic E-state index is -0.101. The zero-order valence-corrected chi connectivity index (χ0v) is 12.2. The SMILES string of the molecule is Cc1cc(C)c2onc(CC(=O)NCCCNC=O)c2c1. The summed E-state index contributed by atoms with van der Waals surface area (Å²) in [7, 11) is 0. The molecule has 0 saturated heterocycles. The van der Waals surface area contributed by atoms with Gasteiger partial charge in [0.25, 0.3) is 0 Å². The molecule has 0 saturated carbocycles. The molecule has 0 fully saturated rings. The number of aryl methyl sites for hydroxylation is 2. The van der Waals surface area contributed by atoms with E-state index in [4.69, 9.17) is 4.52 Å². The maximum Gasteiger partial charge on any atom is 0.226 e. The van der Waals surface area contributed by atoms with E-state index in [0.717, 1.165) is 22.1 Å². The Morgan fingerprint density at radius 3 is 2.90 bits per heavy atom. The van der Waals surface area contributed by atoms with Gasteiger partial charge in [0.1, 0.15) is 5.69 Å². The third kappa shape index (κ3) is 3.81. The molecular formula is C15H19N3O3. The highest BCUT2D eigenvalue weighted by Gasteiger charge is 2.14. The van der Waals surface area contributed by atoms with Gasteiger partial charge in [-0.1, -0.05) is 11.2 Å². The Hall–Kier alpha value is -2.37. The zero-order chi connectivity index (χ0) is 15.2. The summed E-state index contributed by atoms with van der Waals surface area (Å²) < 4.78 is 5.31. The van der Waals surface area contributed by atoms with Crippen molar-refractivity contribution in [2.45, 2.75) is 26.7 Å². The highest BCUT2D eigenvalue weighted by molar-refractivity contribution is 5.88. The molecule has 0 aliphatic heterocycles. The van der Waals surface area contributed by atoms with Crippen LogP contribution in [-0.4, -0.2) is 30.6 Å². The quantitative estimate of drug-likeness (QED) is 0.593. The van der Waals surface area contributed by atoms with Crippen LogP contribution in [0.4, 0.5) is 0 Å². The Balaban J connectivity index is 1.96. The zero-order valence-electron chi connectivity index (χ0n) is 12.2. The van der Waals surface area contributed by atoms with Gasteiger partial charge < -0.3 is 15.2 Å².